The van der Waals surface area contributed by atoms with Gasteiger partial charge in [0.25, 0.3) is 0 Å². The summed E-state index contributed by atoms with van der Waals surface area (Å²) >= 11 is 0. The van der Waals surface area contributed by atoms with Crippen LogP contribution in [0.15, 0.2) is 324 Å². The Balaban J connectivity index is 0.736. The molecule has 12 aromatic rings. The highest BCUT2D eigenvalue weighted by molar-refractivity contribution is 6.53. The number of aromatic nitrogens is 9. The zero-order valence-corrected chi connectivity index (χ0v) is 65.2. The minimum Gasteiger partial charge on any atom is -0.361 e. The van der Waals surface area contributed by atoms with Crippen molar-refractivity contribution in [3.8, 4) is 102 Å². The molecular weight excluding hydrogens is 1510 g/mol. The van der Waals surface area contributed by atoms with Gasteiger partial charge in [-0.25, -0.2) is 44.9 Å². The van der Waals surface area contributed by atoms with Crippen LogP contribution in [0.25, 0.3) is 102 Å². The number of nitrogens with one attached hydrogen (secondary N) is 6. The van der Waals surface area contributed by atoms with Crippen LogP contribution in [-0.2, 0) is 43.2 Å². The molecule has 0 saturated heterocycles. The van der Waals surface area contributed by atoms with E-state index in [1.165, 1.54) is 55.4 Å². The smallest absolute Gasteiger partial charge is 0.203 e. The third kappa shape index (κ3) is 16.0. The third-order valence-corrected chi connectivity index (χ3v) is 20.3. The molecule has 0 unspecified atom stereocenters. The Labute approximate surface area is 687 Å². The van der Waals surface area contributed by atoms with Crippen molar-refractivity contribution >= 4 is 86.2 Å². The highest BCUT2D eigenvalue weighted by Crippen LogP contribution is 2.35. The number of hydrogen-bond acceptors (Lipinski definition) is 24. The quantitative estimate of drug-likeness (QED) is 0.0707. The third-order valence-electron chi connectivity index (χ3n) is 20.3. The van der Waals surface area contributed by atoms with Gasteiger partial charge in [-0.3, -0.25) is 43.2 Å². The molecule has 6 N–H and O–H groups in total. The highest BCUT2D eigenvalue weighted by atomic mass is 16.2. The number of ketones is 9. The van der Waals surface area contributed by atoms with Gasteiger partial charge in [-0.2, -0.15) is 0 Å². The lowest BCUT2D eigenvalue weighted by molar-refractivity contribution is -0.126. The Hall–Kier alpha value is -16.5. The molecule has 24 nitrogen and oxygen atoms in total. The Morgan fingerprint density at radius 1 is 0.183 bits per heavy atom. The van der Waals surface area contributed by atoms with E-state index >= 15 is 0 Å². The summed E-state index contributed by atoms with van der Waals surface area (Å²) in [5, 5.41) is 18.5. The number of anilines is 6. The predicted molar refractivity (Wildman–Crippen MR) is 459 cm³/mol. The lowest BCUT2D eigenvalue weighted by Gasteiger charge is -2.18. The number of nitrogens with zero attached hydrogens (tertiary/aromatic N) is 9. The van der Waals surface area contributed by atoms with E-state index in [2.05, 4.69) is 31.9 Å². The maximum atomic E-state index is 14.3. The van der Waals surface area contributed by atoms with E-state index in [1.807, 2.05) is 93.6 Å². The molecule has 9 aromatic carbocycles. The second-order valence-electron chi connectivity index (χ2n) is 28.3. The summed E-state index contributed by atoms with van der Waals surface area (Å²) in [6, 6.07) is 65.1. The first-order valence-corrected chi connectivity index (χ1v) is 38.1. The second kappa shape index (κ2) is 33.1. The van der Waals surface area contributed by atoms with E-state index in [0.29, 0.717) is 120 Å². The molecule has 13 heterocycles. The molecule has 0 spiro atoms. The minimum absolute atomic E-state index is 0.190. The SMILES string of the molecule is C/C=C1\C(=O)/C2=C/Nc3ccc(cc3)-c3nc(-c4ccc(C)cc4)nc(n3)-c3ccc(cc3)N/C=C3\C(=O)/C(=C/C)C(=O)/C(=C/Nc4ccc(cc4)-c4nc(-c5ccc(C)cc5)nc(n4)-c4ccc(cc4)N/C=C4\C(=O)/C(=C/C)C(=O)/C(=C/Nc5ccc(cc5)-c5nc(-c6ccc(C)cc6)nc(n5)-c5ccc(cc5)N/C=C(\C1=O)C2=O)C4=O)C3=O. The van der Waals surface area contributed by atoms with Gasteiger partial charge in [-0.05, 0) is 187 Å². The molecule has 13 aliphatic rings. The molecule has 24 bridgehead atoms. The van der Waals surface area contributed by atoms with E-state index in [-0.39, 0.29) is 50.2 Å². The van der Waals surface area contributed by atoms with E-state index < -0.39 is 52.0 Å². The summed E-state index contributed by atoms with van der Waals surface area (Å²) in [6.45, 7) is 10.6. The fourth-order valence-electron chi connectivity index (χ4n) is 13.4. The van der Waals surface area contributed by atoms with Gasteiger partial charge in [0.15, 0.2) is 52.4 Å². The van der Waals surface area contributed by atoms with Crippen molar-refractivity contribution < 1.29 is 43.2 Å². The van der Waals surface area contributed by atoms with Crippen LogP contribution in [0.1, 0.15) is 37.5 Å². The molecule has 3 aromatic heterocycles. The summed E-state index contributed by atoms with van der Waals surface area (Å²) in [6.07, 6.45) is 11.8. The fourth-order valence-corrected chi connectivity index (χ4v) is 13.4. The number of carbonyl (C=O) groups excluding carboxylic acids is 9. The average molecular weight is 1580 g/mol. The van der Waals surface area contributed by atoms with Gasteiger partial charge < -0.3 is 31.9 Å². The Morgan fingerprint density at radius 3 is 0.433 bits per heavy atom. The largest absolute Gasteiger partial charge is 0.361 e. The van der Waals surface area contributed by atoms with Crippen LogP contribution in [0.5, 0.6) is 0 Å². The molecule has 0 amide bonds. The second-order valence-corrected chi connectivity index (χ2v) is 28.3. The molecule has 120 heavy (non-hydrogen) atoms. The summed E-state index contributed by atoms with van der Waals surface area (Å²) in [5.74, 6) is -3.85. The zero-order chi connectivity index (χ0) is 83.4. The number of carbonyl (C=O) groups is 9. The molecule has 3 aliphatic carbocycles. The number of allylic oxidation sites excluding steroid dienone is 12. The van der Waals surface area contributed by atoms with Crippen molar-refractivity contribution in [2.45, 2.75) is 41.5 Å². The highest BCUT2D eigenvalue weighted by Gasteiger charge is 2.41. The maximum absolute atomic E-state index is 14.3. The van der Waals surface area contributed by atoms with Gasteiger partial charge in [0.2, 0.25) is 52.0 Å². The zero-order valence-electron chi connectivity index (χ0n) is 65.2. The molecule has 25 rings (SSSR count). The van der Waals surface area contributed by atoms with E-state index in [0.717, 1.165) is 33.4 Å². The van der Waals surface area contributed by atoms with Crippen molar-refractivity contribution in [2.75, 3.05) is 31.9 Å². The van der Waals surface area contributed by atoms with Gasteiger partial charge in [0.05, 0.1) is 50.2 Å². The average Bonchev–Trinajstić information content (AvgIpc) is 0.785. The van der Waals surface area contributed by atoms with Crippen molar-refractivity contribution in [1.29, 1.82) is 0 Å². The number of benzene rings is 9. The van der Waals surface area contributed by atoms with Crippen LogP contribution in [0.2, 0.25) is 0 Å². The number of hydrogen-bond donors (Lipinski definition) is 6. The van der Waals surface area contributed by atoms with Crippen LogP contribution < -0.4 is 31.9 Å². The van der Waals surface area contributed by atoms with Crippen molar-refractivity contribution in [2.24, 2.45) is 0 Å². The molecule has 10 aliphatic heterocycles. The Morgan fingerprint density at radius 2 is 0.308 bits per heavy atom. The Kier molecular flexibility index (Phi) is 21.4. The first kappa shape index (κ1) is 77.4. The standard InChI is InChI=1S/C96H69N15O9/c1-7-70-79(112)73-46-97-64-34-22-58(23-35-64)91-103-88(55-16-10-52(4)11-17-55)105-93(109-91)60-26-38-66(39-27-60)99-48-75-81(114)71(8-2)83(116)77(86(75)119)50-101-68-42-30-62(31-43-68)95-107-90(57-20-14-54(6)15-21-57)108-96(111-95)63-32-44-69(45-33-63)102-51-78-84(117)72(9-3)82(115)76(87(78)120)49-100-67-40-28-61(29-41-67)94-106-89(56-18-12-53(5)13-19-56)104-92(110-94)59-24-36-65(37-25-59)98-47-74(80(70)113)85(73)118/h7-51,97-102H,1-6H3/b70-7-,71-8+,72-9-,73-46+,74-47-,75-48-,76-49+,77-50+,78-51-. The van der Waals surface area contributed by atoms with Crippen LogP contribution in [-0.4, -0.2) is 96.9 Å². The van der Waals surface area contributed by atoms with Gasteiger partial charge in [0, 0.05) is 121 Å². The molecule has 3 fully saturated rings. The monoisotopic (exact) mass is 1580 g/mol. The van der Waals surface area contributed by atoms with E-state index in [9.17, 15) is 43.2 Å². The molecule has 0 atom stereocenters. The van der Waals surface area contributed by atoms with E-state index in [1.54, 1.807) is 166 Å². The lowest BCUT2D eigenvalue weighted by Crippen LogP contribution is -2.32. The predicted octanol–water partition coefficient (Wildman–Crippen LogP) is 16.4. The summed E-state index contributed by atoms with van der Waals surface area (Å²) < 4.78 is 0. The van der Waals surface area contributed by atoms with Crippen LogP contribution in [0.3, 0.4) is 0 Å². The molecule has 0 radical (unpaired) electrons. The van der Waals surface area contributed by atoms with Crippen molar-refractivity contribution in [3.05, 3.63) is 341 Å². The van der Waals surface area contributed by atoms with Gasteiger partial charge in [-0.15, -0.1) is 0 Å². The summed E-state index contributed by atoms with van der Waals surface area (Å²) in [5.41, 5.74) is 9.50. The van der Waals surface area contributed by atoms with Crippen molar-refractivity contribution in [1.82, 2.24) is 44.9 Å². The first-order valence-electron chi connectivity index (χ1n) is 38.1. The van der Waals surface area contributed by atoms with Crippen LogP contribution >= 0.6 is 0 Å². The van der Waals surface area contributed by atoms with Crippen LogP contribution in [0, 0.1) is 20.8 Å². The van der Waals surface area contributed by atoms with Gasteiger partial charge >= 0.3 is 0 Å². The number of Topliss-reactive ketones (excluding diaryl/α,β-unsaturated/α-hetero) is 9. The number of rotatable bonds is 3. The van der Waals surface area contributed by atoms with Crippen LogP contribution in [0.4, 0.5) is 34.1 Å². The first-order chi connectivity index (χ1) is 58.2. The number of aryl methyl sites for hydroxylation is 3. The van der Waals surface area contributed by atoms with Gasteiger partial charge in [-0.1, -0.05) is 108 Å². The van der Waals surface area contributed by atoms with Gasteiger partial charge in [0.1, 0.15) is 0 Å². The maximum Gasteiger partial charge on any atom is 0.203 e. The summed E-state index contributed by atoms with van der Waals surface area (Å²) in [4.78, 5) is 170. The molecule has 582 valence electrons. The topological polar surface area (TPSA) is 342 Å². The molecular formula is C96H69N15O9. The lowest BCUT2D eigenvalue weighted by atomic mass is 9.83. The van der Waals surface area contributed by atoms with E-state index in [4.69, 9.17) is 44.9 Å². The molecule has 3 saturated carbocycles. The summed E-state index contributed by atoms with van der Waals surface area (Å²) in [7, 11) is 0. The minimum atomic E-state index is -0.805. The molecule has 24 heteroatoms. The Bertz CT molecular complexity index is 5680. The normalized spacial score (nSPS) is 18.2. The fraction of sp³-hybridized carbons (Fsp3) is 0.0625. The van der Waals surface area contributed by atoms with Crippen molar-refractivity contribution in [3.63, 3.8) is 0 Å².